The number of hydrogen-bond donors (Lipinski definition) is 0. The summed E-state index contributed by atoms with van der Waals surface area (Å²) in [5.41, 5.74) is 0.0600. The predicted octanol–water partition coefficient (Wildman–Crippen LogP) is 4.28. The summed E-state index contributed by atoms with van der Waals surface area (Å²) >= 11 is 0. The van der Waals surface area contributed by atoms with E-state index in [-0.39, 0.29) is 37.6 Å². The van der Waals surface area contributed by atoms with Gasteiger partial charge in [-0.3, -0.25) is 14.6 Å². The number of ether oxygens (including phenoxy) is 1. The molecule has 2 aromatic carbocycles. The fourth-order valence-corrected chi connectivity index (χ4v) is 3.73. The smallest absolute Gasteiger partial charge is 0.417 e. The number of amides is 2. The molecule has 1 saturated heterocycles. The van der Waals surface area contributed by atoms with Gasteiger partial charge in [0.2, 0.25) is 0 Å². The summed E-state index contributed by atoms with van der Waals surface area (Å²) in [7, 11) is 0. The number of hydrogen-bond acceptors (Lipinski definition) is 4. The molecule has 176 valence electrons. The van der Waals surface area contributed by atoms with Crippen LogP contribution in [0.3, 0.4) is 0 Å². The van der Waals surface area contributed by atoms with Gasteiger partial charge in [0.15, 0.2) is 0 Å². The molecule has 0 spiro atoms. The number of halogens is 3. The zero-order chi connectivity index (χ0) is 24.1. The molecular weight excluding hydrogens is 447 g/mol. The zero-order valence-corrected chi connectivity index (χ0v) is 18.2. The molecular formula is C25H22F3N3O3. The molecule has 34 heavy (non-hydrogen) atoms. The lowest BCUT2D eigenvalue weighted by Gasteiger charge is -2.35. The van der Waals surface area contributed by atoms with E-state index in [1.54, 1.807) is 41.6 Å². The molecule has 0 unspecified atom stereocenters. The van der Waals surface area contributed by atoms with Crippen molar-refractivity contribution in [3.05, 3.63) is 95.3 Å². The molecule has 0 radical (unpaired) electrons. The average Bonchev–Trinajstić information content (AvgIpc) is 2.87. The topological polar surface area (TPSA) is 62.7 Å². The van der Waals surface area contributed by atoms with E-state index in [1.807, 2.05) is 12.1 Å². The normalized spacial score (nSPS) is 14.1. The van der Waals surface area contributed by atoms with Crippen LogP contribution >= 0.6 is 0 Å². The second-order valence-corrected chi connectivity index (χ2v) is 7.80. The molecule has 0 aliphatic carbocycles. The minimum absolute atomic E-state index is 0.156. The quantitative estimate of drug-likeness (QED) is 0.560. The van der Waals surface area contributed by atoms with Crippen LogP contribution in [0.1, 0.15) is 31.8 Å². The lowest BCUT2D eigenvalue weighted by Crippen LogP contribution is -2.50. The van der Waals surface area contributed by atoms with Crippen LogP contribution in [-0.4, -0.2) is 52.8 Å². The molecule has 3 aromatic rings. The number of nitrogens with zero attached hydrogens (tertiary/aromatic N) is 3. The molecule has 0 atom stereocenters. The van der Waals surface area contributed by atoms with Crippen LogP contribution in [0, 0.1) is 0 Å². The molecule has 1 aliphatic heterocycles. The third-order valence-corrected chi connectivity index (χ3v) is 5.55. The maximum Gasteiger partial charge on any atom is 0.417 e. The van der Waals surface area contributed by atoms with Gasteiger partial charge in [0, 0.05) is 49.7 Å². The molecule has 0 saturated carbocycles. The fourth-order valence-electron chi connectivity index (χ4n) is 3.73. The van der Waals surface area contributed by atoms with Crippen molar-refractivity contribution < 1.29 is 27.5 Å². The Morgan fingerprint density at radius 3 is 2.12 bits per heavy atom. The number of carbonyl (C=O) groups is 2. The van der Waals surface area contributed by atoms with E-state index >= 15 is 0 Å². The van der Waals surface area contributed by atoms with Crippen LogP contribution < -0.4 is 4.74 Å². The third-order valence-electron chi connectivity index (χ3n) is 5.55. The molecule has 9 heteroatoms. The van der Waals surface area contributed by atoms with Gasteiger partial charge in [0.25, 0.3) is 11.8 Å². The van der Waals surface area contributed by atoms with Crippen molar-refractivity contribution in [2.24, 2.45) is 0 Å². The van der Waals surface area contributed by atoms with Gasteiger partial charge in [-0.05, 0) is 42.5 Å². The SMILES string of the molecule is O=C(c1ccc(OCc2cccnc2)cc1)N1CCN(C(=O)c2ccccc2C(F)(F)F)CC1. The number of piperazine rings is 1. The van der Waals surface area contributed by atoms with E-state index in [9.17, 15) is 22.8 Å². The van der Waals surface area contributed by atoms with Crippen molar-refractivity contribution in [1.82, 2.24) is 14.8 Å². The largest absolute Gasteiger partial charge is 0.489 e. The van der Waals surface area contributed by atoms with Gasteiger partial charge < -0.3 is 14.5 Å². The van der Waals surface area contributed by atoms with Gasteiger partial charge in [0.1, 0.15) is 12.4 Å². The number of rotatable bonds is 5. The van der Waals surface area contributed by atoms with Crippen molar-refractivity contribution in [2.45, 2.75) is 12.8 Å². The van der Waals surface area contributed by atoms with Crippen LogP contribution in [0.25, 0.3) is 0 Å². The van der Waals surface area contributed by atoms with Gasteiger partial charge >= 0.3 is 6.18 Å². The van der Waals surface area contributed by atoms with Crippen LogP contribution in [0.5, 0.6) is 5.75 Å². The first-order chi connectivity index (χ1) is 16.3. The van der Waals surface area contributed by atoms with E-state index in [0.29, 0.717) is 17.9 Å². The van der Waals surface area contributed by atoms with Crippen molar-refractivity contribution in [1.29, 1.82) is 0 Å². The molecule has 0 bridgehead atoms. The lowest BCUT2D eigenvalue weighted by molar-refractivity contribution is -0.138. The van der Waals surface area contributed by atoms with E-state index < -0.39 is 17.6 Å². The minimum atomic E-state index is -4.61. The van der Waals surface area contributed by atoms with Gasteiger partial charge in [-0.1, -0.05) is 18.2 Å². The Bertz CT molecular complexity index is 1140. The van der Waals surface area contributed by atoms with Gasteiger partial charge in [-0.15, -0.1) is 0 Å². The first kappa shape index (κ1) is 23.3. The van der Waals surface area contributed by atoms with Crippen molar-refractivity contribution in [3.63, 3.8) is 0 Å². The van der Waals surface area contributed by atoms with Gasteiger partial charge in [0.05, 0.1) is 11.1 Å². The summed E-state index contributed by atoms with van der Waals surface area (Å²) in [5.74, 6) is -0.282. The van der Waals surface area contributed by atoms with Gasteiger partial charge in [-0.25, -0.2) is 0 Å². The summed E-state index contributed by atoms with van der Waals surface area (Å²) < 4.78 is 45.5. The highest BCUT2D eigenvalue weighted by Gasteiger charge is 2.36. The van der Waals surface area contributed by atoms with Crippen LogP contribution in [0.4, 0.5) is 13.2 Å². The molecule has 1 aliphatic rings. The molecule has 1 aromatic heterocycles. The van der Waals surface area contributed by atoms with Crippen molar-refractivity contribution in [2.75, 3.05) is 26.2 Å². The van der Waals surface area contributed by atoms with E-state index in [0.717, 1.165) is 11.6 Å². The molecule has 6 nitrogen and oxygen atoms in total. The number of alkyl halides is 3. The summed E-state index contributed by atoms with van der Waals surface area (Å²) in [6.07, 6.45) is -1.22. The van der Waals surface area contributed by atoms with Crippen molar-refractivity contribution >= 4 is 11.8 Å². The number of carbonyl (C=O) groups excluding carboxylic acids is 2. The molecule has 1 fully saturated rings. The van der Waals surface area contributed by atoms with Gasteiger partial charge in [-0.2, -0.15) is 13.2 Å². The second kappa shape index (κ2) is 9.94. The van der Waals surface area contributed by atoms with Crippen LogP contribution in [-0.2, 0) is 12.8 Å². The monoisotopic (exact) mass is 469 g/mol. The fraction of sp³-hybridized carbons (Fsp3) is 0.240. The van der Waals surface area contributed by atoms with Crippen molar-refractivity contribution in [3.8, 4) is 5.75 Å². The summed E-state index contributed by atoms with van der Waals surface area (Å²) in [4.78, 5) is 32.5. The standard InChI is InChI=1S/C25H22F3N3O3/c26-25(27,28)22-6-2-1-5-21(22)24(33)31-14-12-30(13-15-31)23(32)19-7-9-20(10-8-19)34-17-18-4-3-11-29-16-18/h1-11,16H,12-15,17H2. The highest BCUT2D eigenvalue weighted by atomic mass is 19.4. The van der Waals surface area contributed by atoms with Crippen LogP contribution in [0.2, 0.25) is 0 Å². The Kier molecular flexibility index (Phi) is 6.81. The maximum absolute atomic E-state index is 13.3. The number of benzene rings is 2. The Morgan fingerprint density at radius 1 is 0.853 bits per heavy atom. The third kappa shape index (κ3) is 5.36. The zero-order valence-electron chi connectivity index (χ0n) is 18.2. The summed E-state index contributed by atoms with van der Waals surface area (Å²) in [6.45, 7) is 1.14. The first-order valence-corrected chi connectivity index (χ1v) is 10.7. The Labute approximate surface area is 194 Å². The Balaban J connectivity index is 1.33. The number of pyridine rings is 1. The first-order valence-electron chi connectivity index (χ1n) is 10.7. The summed E-state index contributed by atoms with van der Waals surface area (Å²) in [5, 5.41) is 0. The number of aromatic nitrogens is 1. The average molecular weight is 469 g/mol. The molecule has 4 rings (SSSR count). The Hall–Kier alpha value is -3.88. The predicted molar refractivity (Wildman–Crippen MR) is 118 cm³/mol. The second-order valence-electron chi connectivity index (χ2n) is 7.80. The highest BCUT2D eigenvalue weighted by molar-refractivity contribution is 5.97. The van der Waals surface area contributed by atoms with E-state index in [2.05, 4.69) is 4.98 Å². The summed E-state index contributed by atoms with van der Waals surface area (Å²) in [6, 6.07) is 15.2. The highest BCUT2D eigenvalue weighted by Crippen LogP contribution is 2.32. The lowest BCUT2D eigenvalue weighted by atomic mass is 10.1. The molecule has 2 heterocycles. The minimum Gasteiger partial charge on any atom is -0.489 e. The van der Waals surface area contributed by atoms with E-state index in [1.165, 1.54) is 23.1 Å². The maximum atomic E-state index is 13.3. The molecule has 0 N–H and O–H groups in total. The Morgan fingerprint density at radius 2 is 1.50 bits per heavy atom. The van der Waals surface area contributed by atoms with Crippen LogP contribution in [0.15, 0.2) is 73.1 Å². The van der Waals surface area contributed by atoms with E-state index in [4.69, 9.17) is 4.74 Å². The molecule has 2 amide bonds.